The maximum Gasteiger partial charge on any atom is 0.230 e. The second-order valence-electron chi connectivity index (χ2n) is 7.27. The number of rotatable bonds is 6. The zero-order valence-corrected chi connectivity index (χ0v) is 18.7. The number of fused-ring (bicyclic) bond motifs is 1. The molecule has 0 aliphatic rings. The van der Waals surface area contributed by atoms with E-state index in [1.165, 1.54) is 18.5 Å². The molecule has 4 aromatic rings. The molecule has 160 valence electrons. The standard InChI is InChI=1S/C25H21ClN4O2/c1-16-7-6-9-21-23(16)27-15-28-25(21)32-22-10-5-4-8-18(22)11-12-19(31)13-14-20-17(2)29-30(3)24(20)26/h4-15H,1-3H3. The number of allylic oxidation sites excluding steroid dienone is 2. The van der Waals surface area contributed by atoms with E-state index in [4.69, 9.17) is 16.3 Å². The molecule has 2 heterocycles. The van der Waals surface area contributed by atoms with Crippen LogP contribution >= 0.6 is 11.6 Å². The molecule has 2 aromatic heterocycles. The molecule has 0 amide bonds. The lowest BCUT2D eigenvalue weighted by Gasteiger charge is -2.10. The monoisotopic (exact) mass is 444 g/mol. The quantitative estimate of drug-likeness (QED) is 0.355. The smallest absolute Gasteiger partial charge is 0.230 e. The van der Waals surface area contributed by atoms with Crippen molar-refractivity contribution >= 4 is 40.4 Å². The molecule has 32 heavy (non-hydrogen) atoms. The molecule has 6 nitrogen and oxygen atoms in total. The van der Waals surface area contributed by atoms with Crippen LogP contribution in [0.5, 0.6) is 11.6 Å². The number of aryl methyl sites for hydroxylation is 3. The van der Waals surface area contributed by atoms with E-state index < -0.39 is 0 Å². The normalized spacial score (nSPS) is 11.6. The van der Waals surface area contributed by atoms with Crippen molar-refractivity contribution < 1.29 is 9.53 Å². The minimum absolute atomic E-state index is 0.178. The van der Waals surface area contributed by atoms with Crippen LogP contribution in [0.15, 0.2) is 60.9 Å². The van der Waals surface area contributed by atoms with E-state index in [-0.39, 0.29) is 5.78 Å². The van der Waals surface area contributed by atoms with E-state index in [2.05, 4.69) is 15.1 Å². The SMILES string of the molecule is Cc1nn(C)c(Cl)c1C=CC(=O)C=Cc1ccccc1Oc1ncnc2c(C)cccc12. The molecule has 0 atom stereocenters. The van der Waals surface area contributed by atoms with Gasteiger partial charge < -0.3 is 4.74 Å². The summed E-state index contributed by atoms with van der Waals surface area (Å²) in [5.74, 6) is 0.878. The van der Waals surface area contributed by atoms with E-state index in [9.17, 15) is 4.79 Å². The number of hydrogen-bond donors (Lipinski definition) is 0. The van der Waals surface area contributed by atoms with Crippen LogP contribution in [0.1, 0.15) is 22.4 Å². The molecule has 0 fully saturated rings. The highest BCUT2D eigenvalue weighted by atomic mass is 35.5. The first-order valence-corrected chi connectivity index (χ1v) is 10.4. The second-order valence-corrected chi connectivity index (χ2v) is 7.63. The van der Waals surface area contributed by atoms with Gasteiger partial charge in [0.25, 0.3) is 0 Å². The van der Waals surface area contributed by atoms with Crippen LogP contribution in [0, 0.1) is 13.8 Å². The lowest BCUT2D eigenvalue weighted by Crippen LogP contribution is -1.94. The third-order valence-corrected chi connectivity index (χ3v) is 5.44. The van der Waals surface area contributed by atoms with Gasteiger partial charge in [0, 0.05) is 18.2 Å². The summed E-state index contributed by atoms with van der Waals surface area (Å²) in [7, 11) is 1.76. The lowest BCUT2D eigenvalue weighted by atomic mass is 10.1. The molecular weight excluding hydrogens is 424 g/mol. The number of nitrogens with zero attached hydrogens (tertiary/aromatic N) is 4. The largest absolute Gasteiger partial charge is 0.438 e. The fourth-order valence-electron chi connectivity index (χ4n) is 3.34. The Balaban J connectivity index is 1.57. The van der Waals surface area contributed by atoms with E-state index in [1.807, 2.05) is 56.3 Å². The van der Waals surface area contributed by atoms with E-state index in [0.717, 1.165) is 33.3 Å². The lowest BCUT2D eigenvalue weighted by molar-refractivity contribution is -0.110. The Labute approximate surface area is 190 Å². The molecule has 4 rings (SSSR count). The minimum Gasteiger partial charge on any atom is -0.438 e. The highest BCUT2D eigenvalue weighted by molar-refractivity contribution is 6.31. The van der Waals surface area contributed by atoms with Gasteiger partial charge in [0.15, 0.2) is 5.78 Å². The average Bonchev–Trinajstić information content (AvgIpc) is 3.03. The zero-order valence-electron chi connectivity index (χ0n) is 17.9. The van der Waals surface area contributed by atoms with Gasteiger partial charge in [-0.15, -0.1) is 0 Å². The molecule has 0 N–H and O–H groups in total. The van der Waals surface area contributed by atoms with Crippen molar-refractivity contribution in [1.29, 1.82) is 0 Å². The number of ketones is 1. The highest BCUT2D eigenvalue weighted by Crippen LogP contribution is 2.30. The summed E-state index contributed by atoms with van der Waals surface area (Å²) in [5, 5.41) is 5.55. The Morgan fingerprint density at radius 2 is 1.81 bits per heavy atom. The Bertz CT molecular complexity index is 1370. The van der Waals surface area contributed by atoms with Crippen molar-refractivity contribution in [3.63, 3.8) is 0 Å². The second kappa shape index (κ2) is 9.16. The predicted octanol–water partition coefficient (Wildman–Crippen LogP) is 5.72. The first-order chi connectivity index (χ1) is 15.4. The maximum absolute atomic E-state index is 12.4. The van der Waals surface area contributed by atoms with Crippen molar-refractivity contribution in [1.82, 2.24) is 19.7 Å². The average molecular weight is 445 g/mol. The van der Waals surface area contributed by atoms with Gasteiger partial charge in [-0.3, -0.25) is 9.48 Å². The first kappa shape index (κ1) is 21.5. The number of ether oxygens (including phenoxy) is 1. The maximum atomic E-state index is 12.4. The third-order valence-electron chi connectivity index (χ3n) is 4.99. The summed E-state index contributed by atoms with van der Waals surface area (Å²) in [4.78, 5) is 21.1. The molecule has 0 spiro atoms. The number of para-hydroxylation sites is 2. The van der Waals surface area contributed by atoms with Crippen molar-refractivity contribution in [3.8, 4) is 11.6 Å². The van der Waals surface area contributed by atoms with Gasteiger partial charge in [0.2, 0.25) is 5.88 Å². The van der Waals surface area contributed by atoms with Crippen LogP contribution in [0.25, 0.3) is 23.1 Å². The van der Waals surface area contributed by atoms with Crippen molar-refractivity contribution in [2.24, 2.45) is 7.05 Å². The fraction of sp³-hybridized carbons (Fsp3) is 0.120. The Hall–Kier alpha value is -3.77. The van der Waals surface area contributed by atoms with E-state index in [1.54, 1.807) is 23.9 Å². The molecule has 7 heteroatoms. The van der Waals surface area contributed by atoms with Gasteiger partial charge >= 0.3 is 0 Å². The minimum atomic E-state index is -0.178. The molecule has 0 saturated heterocycles. The van der Waals surface area contributed by atoms with Crippen LogP contribution in [0.4, 0.5) is 0 Å². The Kier molecular flexibility index (Phi) is 6.14. The molecule has 0 bridgehead atoms. The predicted molar refractivity (Wildman–Crippen MR) is 127 cm³/mol. The number of benzene rings is 2. The summed E-state index contributed by atoms with van der Waals surface area (Å²) in [6.07, 6.45) is 7.84. The highest BCUT2D eigenvalue weighted by Gasteiger charge is 2.10. The van der Waals surface area contributed by atoms with E-state index in [0.29, 0.717) is 16.8 Å². The van der Waals surface area contributed by atoms with Crippen LogP contribution in [0.2, 0.25) is 5.15 Å². The number of carbonyl (C=O) groups excluding carboxylic acids is 1. The van der Waals surface area contributed by atoms with Crippen LogP contribution < -0.4 is 4.74 Å². The van der Waals surface area contributed by atoms with Gasteiger partial charge in [-0.05, 0) is 55.8 Å². The topological polar surface area (TPSA) is 69.9 Å². The molecule has 0 saturated carbocycles. The molecule has 0 aliphatic heterocycles. The molecule has 0 radical (unpaired) electrons. The molecule has 0 unspecified atom stereocenters. The van der Waals surface area contributed by atoms with Gasteiger partial charge in [0.05, 0.1) is 16.6 Å². The van der Waals surface area contributed by atoms with Crippen molar-refractivity contribution in [2.45, 2.75) is 13.8 Å². The Morgan fingerprint density at radius 3 is 2.59 bits per heavy atom. The van der Waals surface area contributed by atoms with Gasteiger partial charge in [0.1, 0.15) is 17.2 Å². The summed E-state index contributed by atoms with van der Waals surface area (Å²) in [6, 6.07) is 13.3. The number of halogens is 1. The number of aromatic nitrogens is 4. The third kappa shape index (κ3) is 4.45. The van der Waals surface area contributed by atoms with E-state index >= 15 is 0 Å². The first-order valence-electron chi connectivity index (χ1n) is 10.0. The van der Waals surface area contributed by atoms with Crippen LogP contribution in [-0.2, 0) is 11.8 Å². The van der Waals surface area contributed by atoms with Crippen molar-refractivity contribution in [3.05, 3.63) is 88.5 Å². The summed E-state index contributed by atoms with van der Waals surface area (Å²) < 4.78 is 7.69. The van der Waals surface area contributed by atoms with Crippen LogP contribution in [0.3, 0.4) is 0 Å². The summed E-state index contributed by atoms with van der Waals surface area (Å²) in [6.45, 7) is 3.84. The number of carbonyl (C=O) groups is 1. The molecule has 2 aromatic carbocycles. The number of hydrogen-bond acceptors (Lipinski definition) is 5. The van der Waals surface area contributed by atoms with Gasteiger partial charge in [-0.25, -0.2) is 9.97 Å². The van der Waals surface area contributed by atoms with Crippen molar-refractivity contribution in [2.75, 3.05) is 0 Å². The summed E-state index contributed by atoms with van der Waals surface area (Å²) >= 11 is 6.21. The molecular formula is C25H21ClN4O2. The zero-order chi connectivity index (χ0) is 22.7. The Morgan fingerprint density at radius 1 is 1.03 bits per heavy atom. The van der Waals surface area contributed by atoms with Crippen LogP contribution in [-0.4, -0.2) is 25.5 Å². The molecule has 0 aliphatic carbocycles. The van der Waals surface area contributed by atoms with Gasteiger partial charge in [-0.2, -0.15) is 5.10 Å². The fourth-order valence-corrected chi connectivity index (χ4v) is 3.57. The summed E-state index contributed by atoms with van der Waals surface area (Å²) in [5.41, 5.74) is 4.13. The van der Waals surface area contributed by atoms with Gasteiger partial charge in [-0.1, -0.05) is 41.9 Å².